The standard InChI is InChI=1S/C18H24O3/c1-14-7-8-17(15(12-14)6-4-5-11-19)20-13-16-9-10-18(2,3)21-16/h7-8,12,16,19H,5,9-11,13H2,1-3H3. The molecule has 114 valence electrons. The Hall–Kier alpha value is -1.50. The van der Waals surface area contributed by atoms with Gasteiger partial charge in [-0.2, -0.15) is 0 Å². The van der Waals surface area contributed by atoms with Crippen molar-refractivity contribution in [3.63, 3.8) is 0 Å². The maximum atomic E-state index is 8.81. The van der Waals surface area contributed by atoms with Gasteiger partial charge in [0.1, 0.15) is 12.4 Å². The van der Waals surface area contributed by atoms with Crippen LogP contribution in [0.5, 0.6) is 5.75 Å². The molecule has 3 nitrogen and oxygen atoms in total. The summed E-state index contributed by atoms with van der Waals surface area (Å²) in [6.45, 7) is 6.90. The molecular formula is C18H24O3. The van der Waals surface area contributed by atoms with E-state index in [1.807, 2.05) is 25.1 Å². The maximum Gasteiger partial charge on any atom is 0.135 e. The van der Waals surface area contributed by atoms with Gasteiger partial charge in [-0.1, -0.05) is 17.9 Å². The van der Waals surface area contributed by atoms with Crippen LogP contribution in [0.15, 0.2) is 18.2 Å². The van der Waals surface area contributed by atoms with Crippen molar-refractivity contribution < 1.29 is 14.6 Å². The first kappa shape index (κ1) is 15.9. The lowest BCUT2D eigenvalue weighted by Gasteiger charge is -2.19. The second kappa shape index (κ2) is 6.98. The summed E-state index contributed by atoms with van der Waals surface area (Å²) in [5, 5.41) is 8.81. The Morgan fingerprint density at radius 1 is 1.43 bits per heavy atom. The van der Waals surface area contributed by atoms with Crippen LogP contribution in [0.4, 0.5) is 0 Å². The van der Waals surface area contributed by atoms with Crippen LogP contribution in [0.3, 0.4) is 0 Å². The Morgan fingerprint density at radius 2 is 2.24 bits per heavy atom. The molecule has 1 heterocycles. The Morgan fingerprint density at radius 3 is 2.90 bits per heavy atom. The molecule has 1 aliphatic heterocycles. The molecule has 3 heteroatoms. The summed E-state index contributed by atoms with van der Waals surface area (Å²) in [5.41, 5.74) is 1.99. The number of rotatable bonds is 4. The van der Waals surface area contributed by atoms with E-state index < -0.39 is 0 Å². The molecule has 1 aromatic rings. The molecule has 2 rings (SSSR count). The van der Waals surface area contributed by atoms with E-state index in [1.165, 1.54) is 0 Å². The molecule has 1 atom stereocenters. The molecule has 0 amide bonds. The van der Waals surface area contributed by atoms with Crippen LogP contribution in [0.25, 0.3) is 0 Å². The summed E-state index contributed by atoms with van der Waals surface area (Å²) in [7, 11) is 0. The van der Waals surface area contributed by atoms with E-state index in [-0.39, 0.29) is 18.3 Å². The van der Waals surface area contributed by atoms with Gasteiger partial charge in [-0.05, 0) is 51.3 Å². The fourth-order valence-electron chi connectivity index (χ4n) is 2.46. The summed E-state index contributed by atoms with van der Waals surface area (Å²) in [4.78, 5) is 0. The van der Waals surface area contributed by atoms with Crippen LogP contribution < -0.4 is 4.74 Å². The second-order valence-electron chi connectivity index (χ2n) is 6.12. The van der Waals surface area contributed by atoms with E-state index in [1.54, 1.807) is 0 Å². The lowest BCUT2D eigenvalue weighted by Crippen LogP contribution is -2.24. The van der Waals surface area contributed by atoms with Gasteiger partial charge in [-0.3, -0.25) is 0 Å². The average Bonchev–Trinajstić information content (AvgIpc) is 2.78. The van der Waals surface area contributed by atoms with Crippen molar-refractivity contribution in [2.24, 2.45) is 0 Å². The van der Waals surface area contributed by atoms with E-state index in [0.29, 0.717) is 13.0 Å². The molecule has 0 spiro atoms. The van der Waals surface area contributed by atoms with Gasteiger partial charge < -0.3 is 14.6 Å². The van der Waals surface area contributed by atoms with E-state index in [0.717, 1.165) is 29.7 Å². The Kier molecular flexibility index (Phi) is 5.27. The zero-order valence-corrected chi connectivity index (χ0v) is 13.1. The van der Waals surface area contributed by atoms with Crippen LogP contribution in [0, 0.1) is 18.8 Å². The maximum absolute atomic E-state index is 8.81. The van der Waals surface area contributed by atoms with Crippen LogP contribution in [0.2, 0.25) is 0 Å². The quantitative estimate of drug-likeness (QED) is 0.865. The lowest BCUT2D eigenvalue weighted by molar-refractivity contribution is -0.0326. The third-order valence-electron chi connectivity index (χ3n) is 3.57. The number of hydrogen-bond acceptors (Lipinski definition) is 3. The molecular weight excluding hydrogens is 264 g/mol. The number of aliphatic hydroxyl groups excluding tert-OH is 1. The van der Waals surface area contributed by atoms with Crippen molar-refractivity contribution in [2.75, 3.05) is 13.2 Å². The molecule has 0 bridgehead atoms. The summed E-state index contributed by atoms with van der Waals surface area (Å²) in [5.74, 6) is 6.81. The highest BCUT2D eigenvalue weighted by atomic mass is 16.6. The molecule has 0 aromatic heterocycles. The van der Waals surface area contributed by atoms with E-state index in [4.69, 9.17) is 14.6 Å². The number of aliphatic hydroxyl groups is 1. The van der Waals surface area contributed by atoms with E-state index in [9.17, 15) is 0 Å². The highest BCUT2D eigenvalue weighted by Gasteiger charge is 2.31. The monoisotopic (exact) mass is 288 g/mol. The van der Waals surface area contributed by atoms with E-state index in [2.05, 4.69) is 25.7 Å². The highest BCUT2D eigenvalue weighted by molar-refractivity contribution is 5.48. The van der Waals surface area contributed by atoms with Crippen LogP contribution in [0.1, 0.15) is 44.2 Å². The van der Waals surface area contributed by atoms with Crippen LogP contribution >= 0.6 is 0 Å². The number of hydrogen-bond donors (Lipinski definition) is 1. The summed E-state index contributed by atoms with van der Waals surface area (Å²) < 4.78 is 11.8. The van der Waals surface area contributed by atoms with Gasteiger partial charge >= 0.3 is 0 Å². The predicted octanol–water partition coefficient (Wildman–Crippen LogP) is 3.07. The summed E-state index contributed by atoms with van der Waals surface area (Å²) in [6.07, 6.45) is 2.73. The zero-order valence-electron chi connectivity index (χ0n) is 13.1. The Balaban J connectivity index is 2.01. The summed E-state index contributed by atoms with van der Waals surface area (Å²) in [6, 6.07) is 5.99. The van der Waals surface area contributed by atoms with E-state index >= 15 is 0 Å². The second-order valence-corrected chi connectivity index (χ2v) is 6.12. The van der Waals surface area contributed by atoms with Crippen molar-refractivity contribution >= 4 is 0 Å². The minimum Gasteiger partial charge on any atom is -0.490 e. The molecule has 1 N–H and O–H groups in total. The van der Waals surface area contributed by atoms with Gasteiger partial charge in [0.25, 0.3) is 0 Å². The molecule has 21 heavy (non-hydrogen) atoms. The first-order chi connectivity index (χ1) is 10.00. The SMILES string of the molecule is Cc1ccc(OCC2CCC(C)(C)O2)c(C#CCCO)c1. The van der Waals surface area contributed by atoms with Crippen molar-refractivity contribution in [3.05, 3.63) is 29.3 Å². The molecule has 1 fully saturated rings. The van der Waals surface area contributed by atoms with Gasteiger partial charge in [0.05, 0.1) is 23.9 Å². The van der Waals surface area contributed by atoms with Gasteiger partial charge in [-0.25, -0.2) is 0 Å². The predicted molar refractivity (Wildman–Crippen MR) is 83.4 cm³/mol. The fourth-order valence-corrected chi connectivity index (χ4v) is 2.46. The smallest absolute Gasteiger partial charge is 0.135 e. The molecule has 1 aliphatic rings. The van der Waals surface area contributed by atoms with Gasteiger partial charge in [0.2, 0.25) is 0 Å². The topological polar surface area (TPSA) is 38.7 Å². The Bertz CT molecular complexity index is 537. The van der Waals surface area contributed by atoms with Crippen molar-refractivity contribution in [2.45, 2.75) is 51.7 Å². The van der Waals surface area contributed by atoms with Gasteiger partial charge in [-0.15, -0.1) is 0 Å². The zero-order chi connectivity index (χ0) is 15.3. The van der Waals surface area contributed by atoms with Gasteiger partial charge in [0.15, 0.2) is 0 Å². The lowest BCUT2D eigenvalue weighted by atomic mass is 10.1. The molecule has 0 radical (unpaired) electrons. The normalized spacial score (nSPS) is 19.9. The van der Waals surface area contributed by atoms with Gasteiger partial charge in [0, 0.05) is 6.42 Å². The minimum atomic E-state index is -0.0366. The van der Waals surface area contributed by atoms with Crippen molar-refractivity contribution in [1.29, 1.82) is 0 Å². The first-order valence-corrected chi connectivity index (χ1v) is 7.51. The molecule has 1 aromatic carbocycles. The molecule has 1 saturated heterocycles. The number of ether oxygens (including phenoxy) is 2. The third kappa shape index (κ3) is 4.77. The fraction of sp³-hybridized carbons (Fsp3) is 0.556. The summed E-state index contributed by atoms with van der Waals surface area (Å²) >= 11 is 0. The third-order valence-corrected chi connectivity index (χ3v) is 3.57. The largest absolute Gasteiger partial charge is 0.490 e. The number of aryl methyl sites for hydroxylation is 1. The molecule has 1 unspecified atom stereocenters. The van der Waals surface area contributed by atoms with Crippen LogP contribution in [-0.2, 0) is 4.74 Å². The minimum absolute atomic E-state index is 0.0366. The van der Waals surface area contributed by atoms with Crippen molar-refractivity contribution in [3.8, 4) is 17.6 Å². The Labute approximate surface area is 127 Å². The van der Waals surface area contributed by atoms with Crippen LogP contribution in [-0.4, -0.2) is 30.0 Å². The molecule has 0 saturated carbocycles. The molecule has 0 aliphatic carbocycles. The number of benzene rings is 1. The first-order valence-electron chi connectivity index (χ1n) is 7.51. The average molecular weight is 288 g/mol. The van der Waals surface area contributed by atoms with Crippen molar-refractivity contribution in [1.82, 2.24) is 0 Å². The highest BCUT2D eigenvalue weighted by Crippen LogP contribution is 2.30.